The Morgan fingerprint density at radius 2 is 1.69 bits per heavy atom. The van der Waals surface area contributed by atoms with Crippen LogP contribution in [0.25, 0.3) is 0 Å². The van der Waals surface area contributed by atoms with Crippen LogP contribution in [0.5, 0.6) is 11.5 Å². The lowest BCUT2D eigenvalue weighted by Crippen LogP contribution is -2.30. The van der Waals surface area contributed by atoms with E-state index < -0.39 is 35.7 Å². The quantitative estimate of drug-likeness (QED) is 0.612. The van der Waals surface area contributed by atoms with Crippen LogP contribution in [-0.4, -0.2) is 38.2 Å². The molecule has 0 bridgehead atoms. The van der Waals surface area contributed by atoms with Crippen molar-refractivity contribution in [3.05, 3.63) is 59.2 Å². The number of halogens is 2. The van der Waals surface area contributed by atoms with Gasteiger partial charge in [0.15, 0.2) is 18.1 Å². The van der Waals surface area contributed by atoms with Gasteiger partial charge in [0.05, 0.1) is 18.8 Å². The van der Waals surface area contributed by atoms with Crippen molar-refractivity contribution >= 4 is 11.9 Å². The summed E-state index contributed by atoms with van der Waals surface area (Å²) in [5.74, 6) is -2.13. The van der Waals surface area contributed by atoms with Gasteiger partial charge in [0.2, 0.25) is 0 Å². The maximum atomic E-state index is 13.5. The molecular weight excluding hydrogens is 384 g/mol. The van der Waals surface area contributed by atoms with Crippen molar-refractivity contribution in [1.82, 2.24) is 5.32 Å². The number of rotatable bonds is 10. The highest BCUT2D eigenvalue weighted by molar-refractivity contribution is 5.91. The average molecular weight is 407 g/mol. The second-order valence-electron chi connectivity index (χ2n) is 5.95. The molecule has 2 rings (SSSR count). The van der Waals surface area contributed by atoms with Gasteiger partial charge in [0, 0.05) is 12.6 Å². The lowest BCUT2D eigenvalue weighted by molar-refractivity contribution is -0.124. The van der Waals surface area contributed by atoms with Gasteiger partial charge < -0.3 is 19.5 Å². The highest BCUT2D eigenvalue weighted by Gasteiger charge is 2.15. The first kappa shape index (κ1) is 22.1. The van der Waals surface area contributed by atoms with E-state index in [0.29, 0.717) is 43.7 Å². The van der Waals surface area contributed by atoms with Crippen LogP contribution in [0.15, 0.2) is 36.4 Å². The van der Waals surface area contributed by atoms with Gasteiger partial charge >= 0.3 is 5.97 Å². The monoisotopic (exact) mass is 407 g/mol. The number of hydrogen-bond donors (Lipinski definition) is 1. The van der Waals surface area contributed by atoms with Crippen molar-refractivity contribution in [3.8, 4) is 11.5 Å². The minimum atomic E-state index is -1.05. The summed E-state index contributed by atoms with van der Waals surface area (Å²) in [4.78, 5) is 23.6. The zero-order valence-corrected chi connectivity index (χ0v) is 16.3. The van der Waals surface area contributed by atoms with E-state index in [1.807, 2.05) is 32.0 Å². The summed E-state index contributed by atoms with van der Waals surface area (Å²) < 4.78 is 42.2. The van der Waals surface area contributed by atoms with Crippen LogP contribution in [0, 0.1) is 11.6 Å². The number of carbonyl (C=O) groups is 2. The molecule has 2 aromatic carbocycles. The smallest absolute Gasteiger partial charge is 0.341 e. The van der Waals surface area contributed by atoms with Gasteiger partial charge in [0.1, 0.15) is 11.6 Å². The number of amides is 1. The van der Waals surface area contributed by atoms with E-state index in [1.54, 1.807) is 0 Å². The van der Waals surface area contributed by atoms with E-state index >= 15 is 0 Å². The summed E-state index contributed by atoms with van der Waals surface area (Å²) in [6, 6.07) is 8.00. The SMILES string of the molecule is CCOc1ccc(CCNC(=O)COC(=O)c2ccc(F)cc2F)cc1OCC. The number of carbonyl (C=O) groups excluding carboxylic acids is 2. The molecule has 6 nitrogen and oxygen atoms in total. The van der Waals surface area contributed by atoms with Crippen LogP contribution in [0.2, 0.25) is 0 Å². The number of esters is 1. The molecule has 0 radical (unpaired) electrons. The van der Waals surface area contributed by atoms with E-state index in [0.717, 1.165) is 17.7 Å². The third-order valence-corrected chi connectivity index (χ3v) is 3.83. The Labute approximate surface area is 167 Å². The molecule has 1 amide bonds. The molecule has 0 spiro atoms. The average Bonchev–Trinajstić information content (AvgIpc) is 2.68. The maximum Gasteiger partial charge on any atom is 0.341 e. The molecular formula is C21H23F2NO5. The van der Waals surface area contributed by atoms with E-state index in [4.69, 9.17) is 14.2 Å². The van der Waals surface area contributed by atoms with Gasteiger partial charge in [-0.2, -0.15) is 0 Å². The Hall–Kier alpha value is -3.16. The molecule has 8 heteroatoms. The molecule has 0 unspecified atom stereocenters. The first-order valence-corrected chi connectivity index (χ1v) is 9.22. The Morgan fingerprint density at radius 3 is 2.38 bits per heavy atom. The van der Waals surface area contributed by atoms with Gasteiger partial charge in [-0.25, -0.2) is 13.6 Å². The van der Waals surface area contributed by atoms with Crippen LogP contribution < -0.4 is 14.8 Å². The van der Waals surface area contributed by atoms with Crippen LogP contribution >= 0.6 is 0 Å². The Balaban J connectivity index is 1.80. The minimum absolute atomic E-state index is 0.306. The largest absolute Gasteiger partial charge is 0.490 e. The van der Waals surface area contributed by atoms with E-state index in [-0.39, 0.29) is 0 Å². The summed E-state index contributed by atoms with van der Waals surface area (Å²) >= 11 is 0. The summed E-state index contributed by atoms with van der Waals surface area (Å²) in [6.45, 7) is 4.53. The molecule has 1 N–H and O–H groups in total. The minimum Gasteiger partial charge on any atom is -0.490 e. The van der Waals surface area contributed by atoms with E-state index in [2.05, 4.69) is 5.32 Å². The molecule has 0 aliphatic heterocycles. The molecule has 0 saturated carbocycles. The Morgan fingerprint density at radius 1 is 0.966 bits per heavy atom. The van der Waals surface area contributed by atoms with Gasteiger partial charge in [-0.05, 0) is 50.1 Å². The van der Waals surface area contributed by atoms with Gasteiger partial charge in [-0.3, -0.25) is 4.79 Å². The van der Waals surface area contributed by atoms with Crippen molar-refractivity contribution in [2.45, 2.75) is 20.3 Å². The number of benzene rings is 2. The summed E-state index contributed by atoms with van der Waals surface area (Å²) in [5, 5.41) is 2.61. The van der Waals surface area contributed by atoms with Crippen molar-refractivity contribution < 1.29 is 32.6 Å². The van der Waals surface area contributed by atoms with Gasteiger partial charge in [-0.1, -0.05) is 6.07 Å². The third kappa shape index (κ3) is 6.74. The summed E-state index contributed by atoms with van der Waals surface area (Å²) in [6.07, 6.45) is 0.527. The standard InChI is InChI=1S/C21H23F2NO5/c1-3-27-18-8-5-14(11-19(18)28-4-2)9-10-24-20(25)13-29-21(26)16-7-6-15(22)12-17(16)23/h5-8,11-12H,3-4,9-10,13H2,1-2H3,(H,24,25). The summed E-state index contributed by atoms with van der Waals surface area (Å²) in [7, 11) is 0. The molecule has 0 saturated heterocycles. The van der Waals surface area contributed by atoms with Gasteiger partial charge in [-0.15, -0.1) is 0 Å². The molecule has 156 valence electrons. The predicted octanol–water partition coefficient (Wildman–Crippen LogP) is 3.28. The molecule has 0 aliphatic rings. The lowest BCUT2D eigenvalue weighted by atomic mass is 10.1. The van der Waals surface area contributed by atoms with Crippen LogP contribution in [-0.2, 0) is 16.0 Å². The predicted molar refractivity (Wildman–Crippen MR) is 102 cm³/mol. The Bertz CT molecular complexity index is 857. The molecule has 0 aromatic heterocycles. The molecule has 2 aromatic rings. The molecule has 0 fully saturated rings. The van der Waals surface area contributed by atoms with E-state index in [1.165, 1.54) is 0 Å². The van der Waals surface area contributed by atoms with Crippen molar-refractivity contribution in [2.75, 3.05) is 26.4 Å². The van der Waals surface area contributed by atoms with Crippen LogP contribution in [0.1, 0.15) is 29.8 Å². The van der Waals surface area contributed by atoms with Crippen LogP contribution in [0.3, 0.4) is 0 Å². The van der Waals surface area contributed by atoms with Crippen molar-refractivity contribution in [2.24, 2.45) is 0 Å². The van der Waals surface area contributed by atoms with Crippen molar-refractivity contribution in [1.29, 1.82) is 0 Å². The number of hydrogen-bond acceptors (Lipinski definition) is 5. The van der Waals surface area contributed by atoms with E-state index in [9.17, 15) is 18.4 Å². The zero-order valence-electron chi connectivity index (χ0n) is 16.3. The second kappa shape index (κ2) is 11.0. The highest BCUT2D eigenvalue weighted by Crippen LogP contribution is 2.28. The zero-order chi connectivity index (χ0) is 21.2. The first-order chi connectivity index (χ1) is 13.9. The lowest BCUT2D eigenvalue weighted by Gasteiger charge is -2.12. The third-order valence-electron chi connectivity index (χ3n) is 3.83. The fourth-order valence-electron chi connectivity index (χ4n) is 2.51. The number of ether oxygens (including phenoxy) is 3. The fraction of sp³-hybridized carbons (Fsp3) is 0.333. The molecule has 0 aliphatic carbocycles. The summed E-state index contributed by atoms with van der Waals surface area (Å²) in [5.41, 5.74) is 0.500. The number of nitrogens with one attached hydrogen (secondary N) is 1. The van der Waals surface area contributed by atoms with Crippen molar-refractivity contribution in [3.63, 3.8) is 0 Å². The molecule has 0 atom stereocenters. The molecule has 29 heavy (non-hydrogen) atoms. The topological polar surface area (TPSA) is 73.9 Å². The Kier molecular flexibility index (Phi) is 8.39. The fourth-order valence-corrected chi connectivity index (χ4v) is 2.51. The van der Waals surface area contributed by atoms with Crippen LogP contribution in [0.4, 0.5) is 8.78 Å². The first-order valence-electron chi connectivity index (χ1n) is 9.22. The normalized spacial score (nSPS) is 10.3. The maximum absolute atomic E-state index is 13.5. The van der Waals surface area contributed by atoms with Gasteiger partial charge in [0.25, 0.3) is 5.91 Å². The second-order valence-corrected chi connectivity index (χ2v) is 5.95. The highest BCUT2D eigenvalue weighted by atomic mass is 19.1. The molecule has 0 heterocycles.